The Morgan fingerprint density at radius 2 is 1.95 bits per heavy atom. The van der Waals surface area contributed by atoms with Crippen LogP contribution < -0.4 is 0 Å². The van der Waals surface area contributed by atoms with E-state index >= 15 is 0 Å². The smallest absolute Gasteiger partial charge is 0.399 e. The summed E-state index contributed by atoms with van der Waals surface area (Å²) < 4.78 is 45.7. The fourth-order valence-electron chi connectivity index (χ4n) is 2.16. The SMILES string of the molecule is CCC1=Cc2ccccc2S1(OC(C)=O)C(F)(F)F. The molecule has 1 aromatic rings. The van der Waals surface area contributed by atoms with Gasteiger partial charge in [0.1, 0.15) is 0 Å². The van der Waals surface area contributed by atoms with E-state index in [4.69, 9.17) is 4.18 Å². The van der Waals surface area contributed by atoms with Crippen molar-refractivity contribution < 1.29 is 22.1 Å². The highest BCUT2D eigenvalue weighted by atomic mass is 32.3. The van der Waals surface area contributed by atoms with E-state index in [9.17, 15) is 18.0 Å². The first-order chi connectivity index (χ1) is 8.83. The molecule has 2 rings (SSSR count). The van der Waals surface area contributed by atoms with Crippen molar-refractivity contribution in [1.29, 1.82) is 0 Å². The average molecular weight is 290 g/mol. The Bertz CT molecular complexity index is 551. The van der Waals surface area contributed by atoms with E-state index in [1.165, 1.54) is 18.2 Å². The maximum atomic E-state index is 13.6. The molecule has 1 aliphatic rings. The van der Waals surface area contributed by atoms with Crippen molar-refractivity contribution >= 4 is 22.4 Å². The zero-order chi connectivity index (χ0) is 14.3. The minimum absolute atomic E-state index is 0.0644. The highest BCUT2D eigenvalue weighted by Crippen LogP contribution is 2.77. The molecule has 104 valence electrons. The predicted octanol–water partition coefficient (Wildman–Crippen LogP) is 4.61. The maximum absolute atomic E-state index is 13.6. The van der Waals surface area contributed by atoms with Gasteiger partial charge in [-0.2, -0.15) is 13.2 Å². The van der Waals surface area contributed by atoms with Crippen LogP contribution in [0.3, 0.4) is 0 Å². The quantitative estimate of drug-likeness (QED) is 0.795. The third kappa shape index (κ3) is 2.04. The van der Waals surface area contributed by atoms with Crippen molar-refractivity contribution in [1.82, 2.24) is 0 Å². The Morgan fingerprint density at radius 3 is 2.47 bits per heavy atom. The lowest BCUT2D eigenvalue weighted by molar-refractivity contribution is -0.132. The first kappa shape index (κ1) is 14.0. The summed E-state index contributed by atoms with van der Waals surface area (Å²) in [7, 11) is -3.72. The molecule has 1 aromatic carbocycles. The maximum Gasteiger partial charge on any atom is 0.464 e. The van der Waals surface area contributed by atoms with Gasteiger partial charge < -0.3 is 4.18 Å². The molecule has 1 aliphatic heterocycles. The Kier molecular flexibility index (Phi) is 3.38. The van der Waals surface area contributed by atoms with Gasteiger partial charge in [0.15, 0.2) is 0 Å². The van der Waals surface area contributed by atoms with Gasteiger partial charge >= 0.3 is 11.5 Å². The molecular formula is C13H13F3O2S. The molecule has 0 saturated carbocycles. The van der Waals surface area contributed by atoms with Crippen LogP contribution in [0.25, 0.3) is 6.08 Å². The molecule has 1 unspecified atom stereocenters. The Labute approximate surface area is 110 Å². The second-order valence-electron chi connectivity index (χ2n) is 4.08. The predicted molar refractivity (Wildman–Crippen MR) is 68.4 cm³/mol. The van der Waals surface area contributed by atoms with E-state index in [2.05, 4.69) is 0 Å². The van der Waals surface area contributed by atoms with Gasteiger partial charge in [-0.25, -0.2) is 0 Å². The fraction of sp³-hybridized carbons (Fsp3) is 0.308. The molecule has 1 heterocycles. The summed E-state index contributed by atoms with van der Waals surface area (Å²) in [5.41, 5.74) is -4.12. The molecule has 0 fully saturated rings. The fourth-order valence-corrected chi connectivity index (χ4v) is 5.06. The second-order valence-corrected chi connectivity index (χ2v) is 6.79. The van der Waals surface area contributed by atoms with E-state index in [-0.39, 0.29) is 16.2 Å². The molecule has 1 atom stereocenters. The van der Waals surface area contributed by atoms with E-state index in [1.807, 2.05) is 0 Å². The summed E-state index contributed by atoms with van der Waals surface area (Å²) in [6, 6.07) is 6.19. The van der Waals surface area contributed by atoms with Crippen molar-refractivity contribution in [2.75, 3.05) is 0 Å². The number of carbonyl (C=O) groups excluding carboxylic acids is 1. The van der Waals surface area contributed by atoms with Gasteiger partial charge in [0.05, 0.1) is 10.3 Å². The largest absolute Gasteiger partial charge is 0.464 e. The number of hydrogen-bond acceptors (Lipinski definition) is 2. The number of halogens is 3. The molecule has 6 heteroatoms. The van der Waals surface area contributed by atoms with Crippen LogP contribution in [0.1, 0.15) is 25.8 Å². The zero-order valence-electron chi connectivity index (χ0n) is 10.5. The standard InChI is InChI=1S/C13H13F3O2S/c1-3-11-8-10-6-4-5-7-12(10)19(11,13(14,15)16)18-9(2)17/h4-8H,3H2,1-2H3. The van der Waals surface area contributed by atoms with E-state index < -0.39 is 21.8 Å². The lowest BCUT2D eigenvalue weighted by Crippen LogP contribution is -2.25. The van der Waals surface area contributed by atoms with Gasteiger partial charge in [0.25, 0.3) is 0 Å². The van der Waals surface area contributed by atoms with Gasteiger partial charge in [-0.3, -0.25) is 4.79 Å². The lowest BCUT2D eigenvalue weighted by Gasteiger charge is -2.38. The van der Waals surface area contributed by atoms with Crippen molar-refractivity contribution in [2.45, 2.75) is 30.7 Å². The summed E-state index contributed by atoms with van der Waals surface area (Å²) in [6.45, 7) is 2.64. The number of alkyl halides is 3. The van der Waals surface area contributed by atoms with Crippen molar-refractivity contribution in [2.24, 2.45) is 0 Å². The van der Waals surface area contributed by atoms with Gasteiger partial charge in [-0.05, 0) is 24.1 Å². The number of carbonyl (C=O) groups is 1. The lowest BCUT2D eigenvalue weighted by atomic mass is 10.2. The first-order valence-electron chi connectivity index (χ1n) is 5.72. The number of hydrogen-bond donors (Lipinski definition) is 0. The van der Waals surface area contributed by atoms with E-state index in [0.29, 0.717) is 5.56 Å². The molecule has 2 nitrogen and oxygen atoms in total. The van der Waals surface area contributed by atoms with Gasteiger partial charge in [-0.1, -0.05) is 25.1 Å². The molecule has 19 heavy (non-hydrogen) atoms. The molecule has 0 N–H and O–H groups in total. The van der Waals surface area contributed by atoms with Crippen molar-refractivity contribution in [3.63, 3.8) is 0 Å². The summed E-state index contributed by atoms with van der Waals surface area (Å²) >= 11 is 0. The summed E-state index contributed by atoms with van der Waals surface area (Å²) in [5, 5.41) is 0. The van der Waals surface area contributed by atoms with Gasteiger partial charge in [-0.15, -0.1) is 0 Å². The highest BCUT2D eigenvalue weighted by Gasteiger charge is 2.59. The van der Waals surface area contributed by atoms with Crippen LogP contribution in [-0.2, 0) is 8.98 Å². The third-order valence-electron chi connectivity index (χ3n) is 2.83. The zero-order valence-corrected chi connectivity index (χ0v) is 11.3. The van der Waals surface area contributed by atoms with Crippen LogP contribution in [0.4, 0.5) is 13.2 Å². The third-order valence-corrected chi connectivity index (χ3v) is 6.10. The van der Waals surface area contributed by atoms with Gasteiger partial charge in [0.2, 0.25) is 0 Å². The first-order valence-corrected chi connectivity index (χ1v) is 7.28. The number of rotatable bonds is 2. The Balaban J connectivity index is 2.71. The van der Waals surface area contributed by atoms with Crippen LogP contribution in [0, 0.1) is 0 Å². The van der Waals surface area contributed by atoms with Crippen molar-refractivity contribution in [3.05, 3.63) is 34.7 Å². The molecule has 0 aromatic heterocycles. The minimum atomic E-state index is -4.60. The average Bonchev–Trinajstić information content (AvgIpc) is 2.63. The van der Waals surface area contributed by atoms with Crippen LogP contribution in [0.2, 0.25) is 0 Å². The highest BCUT2D eigenvalue weighted by molar-refractivity contribution is 8.34. The second kappa shape index (κ2) is 4.59. The van der Waals surface area contributed by atoms with Crippen LogP contribution in [-0.4, -0.2) is 11.5 Å². The summed E-state index contributed by atoms with van der Waals surface area (Å²) in [6.07, 6.45) is 1.68. The number of fused-ring (bicyclic) bond motifs is 1. The molecule has 0 amide bonds. The molecule has 0 radical (unpaired) electrons. The molecule has 0 bridgehead atoms. The van der Waals surface area contributed by atoms with E-state index in [1.54, 1.807) is 19.1 Å². The molecule has 0 aliphatic carbocycles. The molecular weight excluding hydrogens is 277 g/mol. The van der Waals surface area contributed by atoms with Crippen LogP contribution in [0.15, 0.2) is 34.1 Å². The monoisotopic (exact) mass is 290 g/mol. The molecule has 0 spiro atoms. The van der Waals surface area contributed by atoms with Crippen LogP contribution >= 0.6 is 10.3 Å². The van der Waals surface area contributed by atoms with Gasteiger partial charge in [0, 0.05) is 16.7 Å². The summed E-state index contributed by atoms with van der Waals surface area (Å²) in [5.74, 6) is -0.914. The van der Waals surface area contributed by atoms with Crippen LogP contribution in [0.5, 0.6) is 0 Å². The summed E-state index contributed by atoms with van der Waals surface area (Å²) in [4.78, 5) is 11.4. The topological polar surface area (TPSA) is 26.3 Å². The van der Waals surface area contributed by atoms with E-state index in [0.717, 1.165) is 6.92 Å². The Hall–Kier alpha value is -1.43. The Morgan fingerprint density at radius 1 is 1.32 bits per heavy atom. The number of allylic oxidation sites excluding steroid dienone is 1. The normalized spacial score (nSPS) is 25.2. The minimum Gasteiger partial charge on any atom is -0.399 e. The molecule has 0 saturated heterocycles. The van der Waals surface area contributed by atoms with Crippen molar-refractivity contribution in [3.8, 4) is 0 Å². The number of benzene rings is 1.